The van der Waals surface area contributed by atoms with Crippen molar-refractivity contribution >= 4 is 10.9 Å². The molecule has 1 atom stereocenters. The first-order chi connectivity index (χ1) is 9.79. The van der Waals surface area contributed by atoms with Crippen LogP contribution in [-0.2, 0) is 11.3 Å². The van der Waals surface area contributed by atoms with Crippen LogP contribution >= 0.6 is 0 Å². The Bertz CT molecular complexity index is 700. The standard InChI is InChI=1S/C17H17NO2/c1-20-11-12-5-7-13(8-6-12)17(19)15-3-2-4-16-14(15)9-10-18-16/h2-10,17-19H,11H2,1H3. The van der Waals surface area contributed by atoms with E-state index in [2.05, 4.69) is 4.98 Å². The van der Waals surface area contributed by atoms with E-state index in [9.17, 15) is 5.11 Å². The predicted molar refractivity (Wildman–Crippen MR) is 79.5 cm³/mol. The van der Waals surface area contributed by atoms with Gasteiger partial charge in [0.15, 0.2) is 0 Å². The number of hydrogen-bond acceptors (Lipinski definition) is 2. The third-order valence-electron chi connectivity index (χ3n) is 3.53. The second kappa shape index (κ2) is 5.49. The highest BCUT2D eigenvalue weighted by atomic mass is 16.5. The van der Waals surface area contributed by atoms with Crippen molar-refractivity contribution in [2.45, 2.75) is 12.7 Å². The Morgan fingerprint density at radius 2 is 1.90 bits per heavy atom. The number of ether oxygens (including phenoxy) is 1. The van der Waals surface area contributed by atoms with Gasteiger partial charge in [0.05, 0.1) is 6.61 Å². The zero-order chi connectivity index (χ0) is 13.9. The summed E-state index contributed by atoms with van der Waals surface area (Å²) in [7, 11) is 1.68. The zero-order valence-electron chi connectivity index (χ0n) is 11.3. The molecule has 1 unspecified atom stereocenters. The van der Waals surface area contributed by atoms with Gasteiger partial charge in [-0.25, -0.2) is 0 Å². The molecule has 0 saturated heterocycles. The molecule has 0 aliphatic rings. The van der Waals surface area contributed by atoms with Crippen molar-refractivity contribution in [1.29, 1.82) is 0 Å². The van der Waals surface area contributed by atoms with E-state index in [0.717, 1.165) is 27.6 Å². The topological polar surface area (TPSA) is 45.2 Å². The van der Waals surface area contributed by atoms with Gasteiger partial charge in [-0.15, -0.1) is 0 Å². The second-order valence-electron chi connectivity index (χ2n) is 4.86. The van der Waals surface area contributed by atoms with Crippen LogP contribution in [-0.4, -0.2) is 17.2 Å². The van der Waals surface area contributed by atoms with Crippen molar-refractivity contribution in [2.75, 3.05) is 7.11 Å². The van der Waals surface area contributed by atoms with E-state index < -0.39 is 6.10 Å². The molecule has 0 aliphatic heterocycles. The SMILES string of the molecule is COCc1ccc(C(O)c2cccc3[nH]ccc23)cc1. The summed E-state index contributed by atoms with van der Waals surface area (Å²) >= 11 is 0. The van der Waals surface area contributed by atoms with Crippen molar-refractivity contribution in [2.24, 2.45) is 0 Å². The molecule has 0 spiro atoms. The zero-order valence-corrected chi connectivity index (χ0v) is 11.3. The Morgan fingerprint density at radius 3 is 2.65 bits per heavy atom. The molecule has 102 valence electrons. The third kappa shape index (κ3) is 2.33. The number of benzene rings is 2. The summed E-state index contributed by atoms with van der Waals surface area (Å²) in [5.41, 5.74) is 3.95. The first-order valence-electron chi connectivity index (χ1n) is 6.61. The number of H-pyrrole nitrogens is 1. The maximum Gasteiger partial charge on any atom is 0.105 e. The van der Waals surface area contributed by atoms with E-state index in [1.807, 2.05) is 54.7 Å². The Labute approximate surface area is 117 Å². The molecular formula is C17H17NO2. The first-order valence-corrected chi connectivity index (χ1v) is 6.61. The van der Waals surface area contributed by atoms with E-state index in [0.29, 0.717) is 6.61 Å². The number of nitrogens with one attached hydrogen (secondary N) is 1. The largest absolute Gasteiger partial charge is 0.384 e. The minimum atomic E-state index is -0.619. The lowest BCUT2D eigenvalue weighted by molar-refractivity contribution is 0.184. The fourth-order valence-corrected chi connectivity index (χ4v) is 2.49. The maximum absolute atomic E-state index is 10.6. The average molecular weight is 267 g/mol. The van der Waals surface area contributed by atoms with Gasteiger partial charge in [-0.2, -0.15) is 0 Å². The molecule has 20 heavy (non-hydrogen) atoms. The van der Waals surface area contributed by atoms with Crippen LogP contribution in [0.25, 0.3) is 10.9 Å². The monoisotopic (exact) mass is 267 g/mol. The molecule has 3 aromatic rings. The Kier molecular flexibility index (Phi) is 3.54. The summed E-state index contributed by atoms with van der Waals surface area (Å²) in [4.78, 5) is 3.16. The van der Waals surface area contributed by atoms with Crippen molar-refractivity contribution in [3.8, 4) is 0 Å². The van der Waals surface area contributed by atoms with E-state index >= 15 is 0 Å². The summed E-state index contributed by atoms with van der Waals surface area (Å²) < 4.78 is 5.09. The molecule has 0 aliphatic carbocycles. The fraction of sp³-hybridized carbons (Fsp3) is 0.176. The van der Waals surface area contributed by atoms with Gasteiger partial charge in [-0.3, -0.25) is 0 Å². The lowest BCUT2D eigenvalue weighted by atomic mass is 9.98. The Morgan fingerprint density at radius 1 is 1.10 bits per heavy atom. The van der Waals surface area contributed by atoms with Gasteiger partial charge >= 0.3 is 0 Å². The first kappa shape index (κ1) is 12.9. The molecule has 0 saturated carbocycles. The van der Waals surface area contributed by atoms with Gasteiger partial charge in [-0.05, 0) is 28.8 Å². The summed E-state index contributed by atoms with van der Waals surface area (Å²) in [5.74, 6) is 0. The van der Waals surface area contributed by atoms with Gasteiger partial charge in [0.1, 0.15) is 6.10 Å². The van der Waals surface area contributed by atoms with Gasteiger partial charge in [0, 0.05) is 24.2 Å². The smallest absolute Gasteiger partial charge is 0.105 e. The number of rotatable bonds is 4. The second-order valence-corrected chi connectivity index (χ2v) is 4.86. The van der Waals surface area contributed by atoms with Gasteiger partial charge in [-0.1, -0.05) is 36.4 Å². The minimum absolute atomic E-state index is 0.587. The van der Waals surface area contributed by atoms with Crippen LogP contribution in [0.4, 0.5) is 0 Å². The lowest BCUT2D eigenvalue weighted by Crippen LogP contribution is -2.00. The predicted octanol–water partition coefficient (Wildman–Crippen LogP) is 3.40. The number of hydrogen-bond donors (Lipinski definition) is 2. The summed E-state index contributed by atoms with van der Waals surface area (Å²) in [6.07, 6.45) is 1.27. The summed E-state index contributed by atoms with van der Waals surface area (Å²) in [6, 6.07) is 15.8. The molecule has 0 bridgehead atoms. The molecule has 0 radical (unpaired) electrons. The molecule has 0 amide bonds. The highest BCUT2D eigenvalue weighted by molar-refractivity contribution is 5.83. The number of methoxy groups -OCH3 is 1. The van der Waals surface area contributed by atoms with E-state index in [1.54, 1.807) is 7.11 Å². The molecule has 0 fully saturated rings. The Hall–Kier alpha value is -2.10. The third-order valence-corrected chi connectivity index (χ3v) is 3.53. The highest BCUT2D eigenvalue weighted by Gasteiger charge is 2.13. The van der Waals surface area contributed by atoms with Crippen LogP contribution < -0.4 is 0 Å². The van der Waals surface area contributed by atoms with E-state index in [4.69, 9.17) is 4.74 Å². The molecule has 1 heterocycles. The van der Waals surface area contributed by atoms with Crippen LogP contribution in [0.5, 0.6) is 0 Å². The van der Waals surface area contributed by atoms with Crippen molar-refractivity contribution in [1.82, 2.24) is 4.98 Å². The van der Waals surface area contributed by atoms with Crippen molar-refractivity contribution in [3.63, 3.8) is 0 Å². The van der Waals surface area contributed by atoms with Crippen LogP contribution in [0, 0.1) is 0 Å². The maximum atomic E-state index is 10.6. The van der Waals surface area contributed by atoms with Gasteiger partial charge < -0.3 is 14.8 Å². The fourth-order valence-electron chi connectivity index (χ4n) is 2.49. The van der Waals surface area contributed by atoms with Crippen LogP contribution in [0.2, 0.25) is 0 Å². The number of aliphatic hydroxyl groups is 1. The number of fused-ring (bicyclic) bond motifs is 1. The number of aromatic nitrogens is 1. The molecule has 3 heteroatoms. The lowest BCUT2D eigenvalue weighted by Gasteiger charge is -2.13. The normalized spacial score (nSPS) is 12.7. The van der Waals surface area contributed by atoms with Crippen LogP contribution in [0.3, 0.4) is 0 Å². The van der Waals surface area contributed by atoms with Crippen molar-refractivity contribution < 1.29 is 9.84 Å². The molecular weight excluding hydrogens is 250 g/mol. The van der Waals surface area contributed by atoms with Gasteiger partial charge in [0.25, 0.3) is 0 Å². The van der Waals surface area contributed by atoms with Crippen LogP contribution in [0.1, 0.15) is 22.8 Å². The molecule has 2 aromatic carbocycles. The summed E-state index contributed by atoms with van der Waals surface area (Å²) in [6.45, 7) is 0.587. The molecule has 3 rings (SSSR count). The van der Waals surface area contributed by atoms with E-state index in [1.165, 1.54) is 0 Å². The molecule has 1 aromatic heterocycles. The average Bonchev–Trinajstić information content (AvgIpc) is 2.96. The Balaban J connectivity index is 1.95. The van der Waals surface area contributed by atoms with Crippen LogP contribution in [0.15, 0.2) is 54.7 Å². The van der Waals surface area contributed by atoms with Crippen molar-refractivity contribution in [3.05, 3.63) is 71.4 Å². The van der Waals surface area contributed by atoms with E-state index in [-0.39, 0.29) is 0 Å². The van der Waals surface area contributed by atoms with Gasteiger partial charge in [0.2, 0.25) is 0 Å². The quantitative estimate of drug-likeness (QED) is 0.761. The number of aliphatic hydroxyl groups excluding tert-OH is 1. The highest BCUT2D eigenvalue weighted by Crippen LogP contribution is 2.28. The molecule has 2 N–H and O–H groups in total. The number of aromatic amines is 1. The molecule has 3 nitrogen and oxygen atoms in total. The summed E-state index contributed by atoms with van der Waals surface area (Å²) in [5, 5.41) is 11.6. The minimum Gasteiger partial charge on any atom is -0.384 e.